The van der Waals surface area contributed by atoms with Crippen LogP contribution in [0, 0.1) is 0 Å². The molecule has 2 rings (SSSR count). The second-order valence-electron chi connectivity index (χ2n) is 3.87. The summed E-state index contributed by atoms with van der Waals surface area (Å²) < 4.78 is 14.7. The maximum absolute atomic E-state index is 11.6. The van der Waals surface area contributed by atoms with Crippen LogP contribution in [0.1, 0.15) is 27.7 Å². The summed E-state index contributed by atoms with van der Waals surface area (Å²) in [6.07, 6.45) is -1.74. The van der Waals surface area contributed by atoms with Crippen LogP contribution < -0.4 is 0 Å². The van der Waals surface area contributed by atoms with Gasteiger partial charge in [-0.3, -0.25) is 4.79 Å². The molecule has 0 aliphatic heterocycles. The van der Waals surface area contributed by atoms with Crippen LogP contribution in [0.25, 0.3) is 5.57 Å². The number of carbonyl (C=O) groups excluding carboxylic acids is 2. The highest BCUT2D eigenvalue weighted by atomic mass is 16.1. The molecule has 0 bridgehead atoms. The molecule has 0 amide bonds. The molecule has 0 saturated heterocycles. The van der Waals surface area contributed by atoms with Gasteiger partial charge >= 0.3 is 0 Å². The number of hydrogen-bond donors (Lipinski definition) is 0. The van der Waals surface area contributed by atoms with Gasteiger partial charge in [0.1, 0.15) is 15.3 Å². The molecule has 1 aromatic rings. The Hall–Kier alpha value is -1.70. The number of allylic oxidation sites excluding steroid dienone is 2. The van der Waals surface area contributed by atoms with E-state index in [9.17, 15) is 9.59 Å². The van der Waals surface area contributed by atoms with Crippen LogP contribution in [0.2, 0.25) is 0 Å². The molecule has 1 atom stereocenters. The summed E-state index contributed by atoms with van der Waals surface area (Å²) >= 11 is 0. The Morgan fingerprint density at radius 3 is 2.60 bits per heavy atom. The smallest absolute Gasteiger partial charge is 0.147 e. The fourth-order valence-electron chi connectivity index (χ4n) is 2.18. The Kier molecular flexibility index (Phi) is 1.59. The van der Waals surface area contributed by atoms with Crippen LogP contribution >= 0.6 is 0 Å². The van der Waals surface area contributed by atoms with Gasteiger partial charge in [-0.1, -0.05) is 24.3 Å². The quantitative estimate of drug-likeness (QED) is 0.688. The maximum Gasteiger partial charge on any atom is 0.147 e. The number of aldehydes is 2. The first-order valence-electron chi connectivity index (χ1n) is 5.74. The minimum atomic E-state index is -1.29. The van der Waals surface area contributed by atoms with E-state index in [0.29, 0.717) is 11.1 Å². The Morgan fingerprint density at radius 2 is 2.00 bits per heavy atom. The average Bonchev–Trinajstić information content (AvgIpc) is 2.50. The molecule has 2 heteroatoms. The van der Waals surface area contributed by atoms with E-state index >= 15 is 0 Å². The summed E-state index contributed by atoms with van der Waals surface area (Å²) in [5.41, 5.74) is 0.890. The van der Waals surface area contributed by atoms with Crippen LogP contribution in [0.4, 0.5) is 0 Å². The molecule has 2 nitrogen and oxygen atoms in total. The summed E-state index contributed by atoms with van der Waals surface area (Å²) in [5.74, 6) is 0. The van der Waals surface area contributed by atoms with Crippen molar-refractivity contribution in [2.45, 2.75) is 19.3 Å². The minimum absolute atomic E-state index is 0.124. The van der Waals surface area contributed by atoms with Gasteiger partial charge in [0.2, 0.25) is 0 Å². The minimum Gasteiger partial charge on any atom is -0.302 e. The van der Waals surface area contributed by atoms with Crippen molar-refractivity contribution in [2.75, 3.05) is 0 Å². The molecule has 1 aliphatic carbocycles. The lowest BCUT2D eigenvalue weighted by atomic mass is 9.81. The molecule has 0 aromatic heterocycles. The fourth-order valence-corrected chi connectivity index (χ4v) is 2.18. The number of rotatable bonds is 2. The van der Waals surface area contributed by atoms with E-state index in [2.05, 4.69) is 0 Å². The monoisotopic (exact) mass is 202 g/mol. The van der Waals surface area contributed by atoms with Crippen molar-refractivity contribution >= 4 is 18.1 Å². The first-order valence-corrected chi connectivity index (χ1v) is 4.74. The SMILES string of the molecule is [2H]C(=O)C1=C(C)c2ccccc2C1(C)C([2H])=O. The van der Waals surface area contributed by atoms with Crippen molar-refractivity contribution in [1.29, 1.82) is 0 Å². The summed E-state index contributed by atoms with van der Waals surface area (Å²) in [7, 11) is 0. The molecule has 76 valence electrons. The lowest BCUT2D eigenvalue weighted by Gasteiger charge is -2.19. The lowest BCUT2D eigenvalue weighted by molar-refractivity contribution is -0.113. The molecule has 1 unspecified atom stereocenters. The maximum atomic E-state index is 11.6. The number of benzene rings is 1. The highest BCUT2D eigenvalue weighted by Gasteiger charge is 2.39. The summed E-state index contributed by atoms with van der Waals surface area (Å²) in [6.45, 7) is 3.26. The molecule has 0 radical (unpaired) electrons. The third-order valence-corrected chi connectivity index (χ3v) is 3.05. The predicted octanol–water partition coefficient (Wildman–Crippen LogP) is 2.13. The van der Waals surface area contributed by atoms with Gasteiger partial charge in [0.15, 0.2) is 0 Å². The van der Waals surface area contributed by atoms with E-state index in [4.69, 9.17) is 2.74 Å². The normalized spacial score (nSPS) is 25.7. The molecular weight excluding hydrogens is 188 g/mol. The number of hydrogen-bond acceptors (Lipinski definition) is 2. The van der Waals surface area contributed by atoms with Gasteiger partial charge in [0.05, 0.1) is 5.41 Å². The van der Waals surface area contributed by atoms with E-state index in [1.165, 1.54) is 0 Å². The van der Waals surface area contributed by atoms with Crippen LogP contribution in [-0.2, 0) is 15.0 Å². The van der Waals surface area contributed by atoms with Gasteiger partial charge in [-0.25, -0.2) is 0 Å². The van der Waals surface area contributed by atoms with Crippen molar-refractivity contribution in [3.63, 3.8) is 0 Å². The molecule has 1 aromatic carbocycles. The Bertz CT molecular complexity index is 560. The fraction of sp³-hybridized carbons (Fsp3) is 0.231. The molecule has 0 spiro atoms. The van der Waals surface area contributed by atoms with Crippen molar-refractivity contribution in [3.8, 4) is 0 Å². The predicted molar refractivity (Wildman–Crippen MR) is 58.5 cm³/mol. The van der Waals surface area contributed by atoms with Crippen molar-refractivity contribution in [2.24, 2.45) is 0 Å². The molecule has 0 fully saturated rings. The van der Waals surface area contributed by atoms with Gasteiger partial charge < -0.3 is 4.79 Å². The van der Waals surface area contributed by atoms with Crippen LogP contribution in [-0.4, -0.2) is 12.5 Å². The first kappa shape index (κ1) is 7.57. The molecule has 1 aliphatic rings. The summed E-state index contributed by atoms with van der Waals surface area (Å²) in [5, 5.41) is 0. The second kappa shape index (κ2) is 3.16. The highest BCUT2D eigenvalue weighted by molar-refractivity contribution is 6.02. The van der Waals surface area contributed by atoms with Gasteiger partial charge in [-0.05, 0) is 30.5 Å². The van der Waals surface area contributed by atoms with Crippen LogP contribution in [0.15, 0.2) is 29.8 Å². The molecule has 0 N–H and O–H groups in total. The van der Waals surface area contributed by atoms with E-state index in [1.54, 1.807) is 26.0 Å². The third-order valence-electron chi connectivity index (χ3n) is 3.05. The highest BCUT2D eigenvalue weighted by Crippen LogP contribution is 2.43. The van der Waals surface area contributed by atoms with Gasteiger partial charge in [0, 0.05) is 5.57 Å². The van der Waals surface area contributed by atoms with E-state index in [1.807, 2.05) is 12.1 Å². The molecule has 15 heavy (non-hydrogen) atoms. The summed E-state index contributed by atoms with van der Waals surface area (Å²) in [4.78, 5) is 23.0. The van der Waals surface area contributed by atoms with E-state index < -0.39 is 17.9 Å². The van der Waals surface area contributed by atoms with E-state index in [-0.39, 0.29) is 5.57 Å². The Labute approximate surface area is 91.4 Å². The van der Waals surface area contributed by atoms with Crippen molar-refractivity contribution < 1.29 is 12.3 Å². The van der Waals surface area contributed by atoms with Gasteiger partial charge in [-0.2, -0.15) is 0 Å². The number of fused-ring (bicyclic) bond motifs is 1. The largest absolute Gasteiger partial charge is 0.302 e. The standard InChI is InChI=1S/C13H12O2/c1-9-10-5-3-4-6-11(10)13(2,8-15)12(9)7-14/h3-8H,1-2H3/i7D,8D. The zero-order chi connectivity index (χ0) is 12.8. The average molecular weight is 202 g/mol. The third kappa shape index (κ3) is 1.11. The van der Waals surface area contributed by atoms with Crippen molar-refractivity contribution in [1.82, 2.24) is 0 Å². The lowest BCUT2D eigenvalue weighted by Crippen LogP contribution is -2.24. The first-order chi connectivity index (χ1) is 7.90. The Balaban J connectivity index is 2.82. The van der Waals surface area contributed by atoms with E-state index in [0.717, 1.165) is 5.56 Å². The summed E-state index contributed by atoms with van der Waals surface area (Å²) in [6, 6.07) is 7.13. The molecule has 0 saturated carbocycles. The van der Waals surface area contributed by atoms with Crippen LogP contribution in [0.5, 0.6) is 0 Å². The Morgan fingerprint density at radius 1 is 1.33 bits per heavy atom. The van der Waals surface area contributed by atoms with Gasteiger partial charge in [0.25, 0.3) is 0 Å². The second-order valence-corrected chi connectivity index (χ2v) is 3.87. The van der Waals surface area contributed by atoms with Crippen LogP contribution in [0.3, 0.4) is 0 Å². The zero-order valence-corrected chi connectivity index (χ0v) is 8.63. The van der Waals surface area contributed by atoms with Gasteiger partial charge in [-0.15, -0.1) is 0 Å². The van der Waals surface area contributed by atoms with Crippen molar-refractivity contribution in [3.05, 3.63) is 41.0 Å². The number of carbonyl (C=O) groups is 2. The zero-order valence-electron chi connectivity index (χ0n) is 10.6. The molecular formula is C13H12O2. The molecule has 0 heterocycles. The topological polar surface area (TPSA) is 34.1 Å².